The van der Waals surface area contributed by atoms with Crippen molar-refractivity contribution >= 4 is 5.69 Å². The molecule has 0 saturated carbocycles. The van der Waals surface area contributed by atoms with E-state index in [1.807, 2.05) is 18.2 Å². The van der Waals surface area contributed by atoms with Gasteiger partial charge in [0.15, 0.2) is 0 Å². The summed E-state index contributed by atoms with van der Waals surface area (Å²) < 4.78 is 0.800. The van der Waals surface area contributed by atoms with Crippen LogP contribution in [-0.4, -0.2) is 25.7 Å². The minimum Gasteiger partial charge on any atom is -1.00 e. The van der Waals surface area contributed by atoms with Crippen molar-refractivity contribution in [2.45, 2.75) is 6.92 Å². The van der Waals surface area contributed by atoms with Gasteiger partial charge in [0.2, 0.25) is 0 Å². The van der Waals surface area contributed by atoms with Crippen molar-refractivity contribution in [1.82, 2.24) is 4.48 Å². The van der Waals surface area contributed by atoms with Crippen LogP contribution in [-0.2, 0) is 0 Å². The number of quaternary nitrogens is 1. The minimum atomic E-state index is 0. The molecule has 0 aromatic heterocycles. The smallest absolute Gasteiger partial charge is 0.136 e. The molecule has 74 valence electrons. The lowest BCUT2D eigenvalue weighted by Gasteiger charge is -2.27. The van der Waals surface area contributed by atoms with Crippen molar-refractivity contribution < 1.29 is 17.5 Å². The van der Waals surface area contributed by atoms with E-state index in [0.29, 0.717) is 5.75 Å². The number of halogens is 1. The van der Waals surface area contributed by atoms with E-state index < -0.39 is 0 Å². The summed E-state index contributed by atoms with van der Waals surface area (Å²) in [5, 5.41) is 9.26. The highest BCUT2D eigenvalue weighted by molar-refractivity contribution is 5.46. The van der Waals surface area contributed by atoms with Crippen LogP contribution in [0.5, 0.6) is 5.75 Å². The first-order valence-corrected chi connectivity index (χ1v) is 4.19. The second-order valence-electron chi connectivity index (χ2n) is 3.52. The molecule has 2 nitrogen and oxygen atoms in total. The Bertz CT molecular complexity index is 273. The monoisotopic (exact) mass is 201 g/mol. The summed E-state index contributed by atoms with van der Waals surface area (Å²) in [6.45, 7) is 3.15. The summed E-state index contributed by atoms with van der Waals surface area (Å²) in [6.07, 6.45) is 0. The molecule has 1 aromatic carbocycles. The van der Waals surface area contributed by atoms with Gasteiger partial charge in [-0.2, -0.15) is 0 Å². The third-order valence-electron chi connectivity index (χ3n) is 2.32. The van der Waals surface area contributed by atoms with E-state index in [9.17, 15) is 5.11 Å². The largest absolute Gasteiger partial charge is 1.00 e. The van der Waals surface area contributed by atoms with E-state index in [0.717, 1.165) is 16.7 Å². The summed E-state index contributed by atoms with van der Waals surface area (Å²) in [5.74, 6) is 0.340. The normalized spacial score (nSPS) is 10.7. The standard InChI is InChI=1S/C10H15NO.ClH/c1-4-11(2,3)9-6-5-7-10(12)8-9;/h5-8H,4H2,1-3H3;1H. The van der Waals surface area contributed by atoms with Crippen LogP contribution in [0.2, 0.25) is 0 Å². The molecular weight excluding hydrogens is 186 g/mol. The Morgan fingerprint density at radius 1 is 1.31 bits per heavy atom. The second kappa shape index (κ2) is 4.49. The molecule has 0 heterocycles. The van der Waals surface area contributed by atoms with Gasteiger partial charge in [0, 0.05) is 6.07 Å². The van der Waals surface area contributed by atoms with Crippen LogP contribution in [0.4, 0.5) is 5.69 Å². The highest BCUT2D eigenvalue weighted by Crippen LogP contribution is 2.22. The Morgan fingerprint density at radius 2 is 1.92 bits per heavy atom. The van der Waals surface area contributed by atoms with Crippen molar-refractivity contribution in [3.8, 4) is 5.75 Å². The van der Waals surface area contributed by atoms with Crippen molar-refractivity contribution in [2.75, 3.05) is 20.6 Å². The molecule has 0 bridgehead atoms. The first kappa shape index (κ1) is 12.3. The average Bonchev–Trinajstić information content (AvgIpc) is 2.05. The van der Waals surface area contributed by atoms with Crippen molar-refractivity contribution in [3.63, 3.8) is 0 Å². The molecule has 1 rings (SSSR count). The lowest BCUT2D eigenvalue weighted by atomic mass is 10.2. The van der Waals surface area contributed by atoms with Gasteiger partial charge in [-0.05, 0) is 19.1 Å². The first-order valence-electron chi connectivity index (χ1n) is 4.19. The molecule has 0 aliphatic rings. The van der Waals surface area contributed by atoms with E-state index in [2.05, 4.69) is 21.0 Å². The summed E-state index contributed by atoms with van der Waals surface area (Å²) in [6, 6.07) is 7.41. The number of aromatic hydroxyl groups is 1. The second-order valence-corrected chi connectivity index (χ2v) is 3.52. The number of nitrogens with zero attached hydrogens (tertiary/aromatic N) is 1. The molecule has 0 aliphatic carbocycles. The van der Waals surface area contributed by atoms with Gasteiger partial charge >= 0.3 is 0 Å². The molecule has 0 spiro atoms. The SMILES string of the molecule is CC[N+](C)(C)c1cccc(O)c1.[Cl-]. The number of benzene rings is 1. The summed E-state index contributed by atoms with van der Waals surface area (Å²) in [5.41, 5.74) is 1.14. The molecule has 0 atom stereocenters. The van der Waals surface area contributed by atoms with Crippen LogP contribution in [0, 0.1) is 0 Å². The van der Waals surface area contributed by atoms with Crippen molar-refractivity contribution in [1.29, 1.82) is 0 Å². The number of phenolic OH excluding ortho intramolecular Hbond substituents is 1. The molecule has 13 heavy (non-hydrogen) atoms. The average molecular weight is 202 g/mol. The molecule has 0 fully saturated rings. The Hall–Kier alpha value is -0.730. The quantitative estimate of drug-likeness (QED) is 0.608. The molecular formula is C10H16ClNO. The van der Waals surface area contributed by atoms with Gasteiger partial charge in [-0.25, -0.2) is 0 Å². The Balaban J connectivity index is 0.00000144. The third kappa shape index (κ3) is 2.90. The van der Waals surface area contributed by atoms with Crippen LogP contribution in [0.3, 0.4) is 0 Å². The van der Waals surface area contributed by atoms with Gasteiger partial charge in [-0.15, -0.1) is 0 Å². The van der Waals surface area contributed by atoms with Crippen LogP contribution in [0.15, 0.2) is 24.3 Å². The van der Waals surface area contributed by atoms with E-state index in [4.69, 9.17) is 0 Å². The molecule has 1 N–H and O–H groups in total. The molecule has 0 saturated heterocycles. The zero-order chi connectivity index (χ0) is 9.19. The Kier molecular flexibility index (Phi) is 4.24. The Labute approximate surface area is 85.8 Å². The van der Waals surface area contributed by atoms with Crippen molar-refractivity contribution in [3.05, 3.63) is 24.3 Å². The van der Waals surface area contributed by atoms with Crippen LogP contribution < -0.4 is 16.9 Å². The van der Waals surface area contributed by atoms with E-state index >= 15 is 0 Å². The van der Waals surface area contributed by atoms with Crippen LogP contribution in [0.1, 0.15) is 6.92 Å². The predicted molar refractivity (Wildman–Crippen MR) is 52.3 cm³/mol. The molecule has 1 aromatic rings. The van der Waals surface area contributed by atoms with Gasteiger partial charge in [-0.1, -0.05) is 6.07 Å². The summed E-state index contributed by atoms with van der Waals surface area (Å²) in [7, 11) is 4.24. The molecule has 0 aliphatic heterocycles. The lowest BCUT2D eigenvalue weighted by Crippen LogP contribution is -3.00. The topological polar surface area (TPSA) is 20.2 Å². The fraction of sp³-hybridized carbons (Fsp3) is 0.400. The molecule has 0 unspecified atom stereocenters. The molecule has 3 heteroatoms. The minimum absolute atomic E-state index is 0. The molecule has 0 amide bonds. The highest BCUT2D eigenvalue weighted by Gasteiger charge is 2.15. The summed E-state index contributed by atoms with van der Waals surface area (Å²) >= 11 is 0. The van der Waals surface area contributed by atoms with Crippen LogP contribution >= 0.6 is 0 Å². The maximum absolute atomic E-state index is 9.26. The fourth-order valence-electron chi connectivity index (χ4n) is 1.05. The van der Waals surface area contributed by atoms with Gasteiger partial charge in [0.05, 0.1) is 20.6 Å². The fourth-order valence-corrected chi connectivity index (χ4v) is 1.05. The van der Waals surface area contributed by atoms with Gasteiger partial charge in [0.25, 0.3) is 0 Å². The zero-order valence-electron chi connectivity index (χ0n) is 8.29. The van der Waals surface area contributed by atoms with Gasteiger partial charge in [0.1, 0.15) is 11.4 Å². The number of hydrogen-bond acceptors (Lipinski definition) is 1. The number of hydrogen-bond donors (Lipinski definition) is 1. The zero-order valence-corrected chi connectivity index (χ0v) is 9.04. The predicted octanol–water partition coefficient (Wildman–Crippen LogP) is -1.02. The number of phenols is 1. The summed E-state index contributed by atoms with van der Waals surface area (Å²) in [4.78, 5) is 0. The molecule has 0 radical (unpaired) electrons. The Morgan fingerprint density at radius 3 is 2.38 bits per heavy atom. The van der Waals surface area contributed by atoms with E-state index in [-0.39, 0.29) is 12.4 Å². The van der Waals surface area contributed by atoms with Gasteiger partial charge < -0.3 is 17.5 Å². The first-order chi connectivity index (χ1) is 5.56. The number of rotatable bonds is 2. The van der Waals surface area contributed by atoms with E-state index in [1.165, 1.54) is 0 Å². The van der Waals surface area contributed by atoms with Crippen molar-refractivity contribution in [2.24, 2.45) is 0 Å². The maximum atomic E-state index is 9.26. The lowest BCUT2D eigenvalue weighted by molar-refractivity contribution is -0.00000375. The van der Waals surface area contributed by atoms with E-state index in [1.54, 1.807) is 6.07 Å². The highest BCUT2D eigenvalue weighted by atomic mass is 35.5. The maximum Gasteiger partial charge on any atom is 0.136 e. The van der Waals surface area contributed by atoms with Crippen LogP contribution in [0.25, 0.3) is 0 Å². The van der Waals surface area contributed by atoms with Gasteiger partial charge in [-0.3, -0.25) is 4.48 Å². The third-order valence-corrected chi connectivity index (χ3v) is 2.32.